The number of quaternary nitrogens is 1. The Morgan fingerprint density at radius 3 is 2.83 bits per heavy atom. The number of fused-ring (bicyclic) bond motifs is 3. The second-order valence-corrected chi connectivity index (χ2v) is 9.11. The smallest absolute Gasteiger partial charge is 0.262 e. The lowest BCUT2D eigenvalue weighted by Crippen LogP contribution is -3.15. The summed E-state index contributed by atoms with van der Waals surface area (Å²) in [6.07, 6.45) is 5.96. The van der Waals surface area contributed by atoms with Crippen molar-refractivity contribution in [3.05, 3.63) is 39.4 Å². The Kier molecular flexibility index (Phi) is 5.88. The van der Waals surface area contributed by atoms with Gasteiger partial charge in [-0.3, -0.25) is 13.8 Å². The third-order valence-electron chi connectivity index (χ3n) is 6.34. The molecular formula is C22H32N5OS+. The molecule has 29 heavy (non-hydrogen) atoms. The molecule has 1 fully saturated rings. The fourth-order valence-corrected chi connectivity index (χ4v) is 4.89. The van der Waals surface area contributed by atoms with Gasteiger partial charge in [-0.15, -0.1) is 5.10 Å². The fourth-order valence-electron chi connectivity index (χ4n) is 4.60. The van der Waals surface area contributed by atoms with Crippen LogP contribution in [0.15, 0.2) is 29.1 Å². The second kappa shape index (κ2) is 8.40. The van der Waals surface area contributed by atoms with Crippen LogP contribution in [0.4, 0.5) is 0 Å². The van der Waals surface area contributed by atoms with Gasteiger partial charge in [0.25, 0.3) is 5.56 Å². The van der Waals surface area contributed by atoms with Crippen LogP contribution < -0.4 is 10.5 Å². The lowest BCUT2D eigenvalue weighted by atomic mass is 10.0. The number of benzene rings is 1. The summed E-state index contributed by atoms with van der Waals surface area (Å²) in [5.41, 5.74) is 0.878. The van der Waals surface area contributed by atoms with E-state index in [0.29, 0.717) is 34.4 Å². The molecule has 0 bridgehead atoms. The average molecular weight is 415 g/mol. The summed E-state index contributed by atoms with van der Waals surface area (Å²) in [5, 5.41) is 5.59. The lowest BCUT2D eigenvalue weighted by molar-refractivity contribution is -0.953. The van der Waals surface area contributed by atoms with Crippen molar-refractivity contribution in [2.45, 2.75) is 72.1 Å². The number of aryl methyl sites for hydroxylation is 1. The summed E-state index contributed by atoms with van der Waals surface area (Å²) in [5.74, 6) is 1.19. The number of nitrogens with one attached hydrogen (secondary N) is 1. The average Bonchev–Trinajstić information content (AvgIpc) is 3.04. The molecule has 1 aliphatic rings. The largest absolute Gasteiger partial charge is 0.314 e. The molecule has 6 nitrogen and oxygen atoms in total. The van der Waals surface area contributed by atoms with E-state index in [1.807, 2.05) is 37.9 Å². The molecule has 2 atom stereocenters. The molecule has 2 aromatic heterocycles. The number of hydrogen-bond donors (Lipinski definition) is 1. The lowest BCUT2D eigenvalue weighted by Gasteiger charge is -2.31. The van der Waals surface area contributed by atoms with Crippen molar-refractivity contribution in [2.24, 2.45) is 5.92 Å². The van der Waals surface area contributed by atoms with E-state index in [9.17, 15) is 4.79 Å². The number of likely N-dealkylation sites (tertiary alicyclic amines) is 1. The Bertz CT molecular complexity index is 1130. The standard InChI is InChI=1S/C22H31N5OS/c1-4-17-9-7-8-13-24(17)15-26-22(29)27-19-11-6-5-10-18(19)20(28)25(21(27)23-26)14-12-16(2)3/h5-6,10-11,16-17H,4,7-9,12-15H2,1-3H3/p+1/t17-/m0/s1. The van der Waals surface area contributed by atoms with Crippen molar-refractivity contribution in [1.29, 1.82) is 0 Å². The first-order valence-electron chi connectivity index (χ1n) is 11.0. The van der Waals surface area contributed by atoms with Gasteiger partial charge in [-0.25, -0.2) is 0 Å². The van der Waals surface area contributed by atoms with E-state index in [1.54, 1.807) is 4.90 Å². The Balaban J connectivity index is 1.87. The van der Waals surface area contributed by atoms with Crippen LogP contribution in [0, 0.1) is 10.7 Å². The SMILES string of the molecule is CC[C@H]1CCCC[NH+]1Cn1nc2n(CCC(C)C)c(=O)c3ccccc3n2c1=S. The Morgan fingerprint density at radius 1 is 1.28 bits per heavy atom. The zero-order chi connectivity index (χ0) is 20.5. The maximum atomic E-state index is 13.2. The van der Waals surface area contributed by atoms with Gasteiger partial charge >= 0.3 is 0 Å². The van der Waals surface area contributed by atoms with Crippen molar-refractivity contribution in [3.63, 3.8) is 0 Å². The molecular weight excluding hydrogens is 382 g/mol. The molecule has 1 N–H and O–H groups in total. The molecule has 3 heterocycles. The zero-order valence-corrected chi connectivity index (χ0v) is 18.5. The summed E-state index contributed by atoms with van der Waals surface area (Å²) in [4.78, 5) is 14.8. The first-order chi connectivity index (χ1) is 14.0. The van der Waals surface area contributed by atoms with E-state index in [1.165, 1.54) is 25.7 Å². The van der Waals surface area contributed by atoms with Crippen LogP contribution in [0.5, 0.6) is 0 Å². The van der Waals surface area contributed by atoms with Crippen LogP contribution in [-0.4, -0.2) is 31.3 Å². The molecule has 1 saturated heterocycles. The van der Waals surface area contributed by atoms with Gasteiger partial charge in [0.05, 0.1) is 23.5 Å². The van der Waals surface area contributed by atoms with Gasteiger partial charge in [0.2, 0.25) is 10.5 Å². The summed E-state index contributed by atoms with van der Waals surface area (Å²) >= 11 is 5.87. The number of piperidine rings is 1. The molecule has 1 aliphatic heterocycles. The van der Waals surface area contributed by atoms with Crippen molar-refractivity contribution < 1.29 is 4.90 Å². The Labute approximate surface area is 176 Å². The molecule has 1 unspecified atom stereocenters. The van der Waals surface area contributed by atoms with Gasteiger partial charge < -0.3 is 4.90 Å². The highest BCUT2D eigenvalue weighted by molar-refractivity contribution is 7.71. The zero-order valence-electron chi connectivity index (χ0n) is 17.7. The first-order valence-corrected chi connectivity index (χ1v) is 11.4. The van der Waals surface area contributed by atoms with Crippen LogP contribution in [0.25, 0.3) is 16.7 Å². The van der Waals surface area contributed by atoms with Gasteiger partial charge in [0.1, 0.15) is 0 Å². The van der Waals surface area contributed by atoms with E-state index in [-0.39, 0.29) is 5.56 Å². The third-order valence-corrected chi connectivity index (χ3v) is 6.73. The second-order valence-electron chi connectivity index (χ2n) is 8.74. The van der Waals surface area contributed by atoms with E-state index in [0.717, 1.165) is 25.2 Å². The predicted octanol–water partition coefficient (Wildman–Crippen LogP) is 3.03. The monoisotopic (exact) mass is 414 g/mol. The topological polar surface area (TPSA) is 48.7 Å². The molecule has 3 aromatic rings. The van der Waals surface area contributed by atoms with Gasteiger partial charge in [-0.05, 0) is 62.4 Å². The van der Waals surface area contributed by atoms with Gasteiger partial charge in [-0.1, -0.05) is 32.9 Å². The van der Waals surface area contributed by atoms with Gasteiger partial charge in [0.15, 0.2) is 6.67 Å². The molecule has 7 heteroatoms. The molecule has 1 aromatic carbocycles. The van der Waals surface area contributed by atoms with Crippen LogP contribution in [0.3, 0.4) is 0 Å². The molecule has 0 radical (unpaired) electrons. The van der Waals surface area contributed by atoms with E-state index >= 15 is 0 Å². The predicted molar refractivity (Wildman–Crippen MR) is 119 cm³/mol. The first kappa shape index (κ1) is 20.3. The van der Waals surface area contributed by atoms with Crippen LogP contribution in [-0.2, 0) is 13.2 Å². The number of hydrogen-bond acceptors (Lipinski definition) is 3. The summed E-state index contributed by atoms with van der Waals surface area (Å²) in [7, 11) is 0. The summed E-state index contributed by atoms with van der Waals surface area (Å²) < 4.78 is 6.45. The number of aromatic nitrogens is 4. The van der Waals surface area contributed by atoms with Crippen molar-refractivity contribution in [2.75, 3.05) is 6.54 Å². The maximum Gasteiger partial charge on any atom is 0.262 e. The molecule has 0 amide bonds. The summed E-state index contributed by atoms with van der Waals surface area (Å²) in [6.45, 7) is 9.22. The van der Waals surface area contributed by atoms with Crippen LogP contribution in [0.2, 0.25) is 0 Å². The normalized spacial score (nSPS) is 20.1. The van der Waals surface area contributed by atoms with Gasteiger partial charge in [0, 0.05) is 6.54 Å². The summed E-state index contributed by atoms with van der Waals surface area (Å²) in [6, 6.07) is 8.41. The van der Waals surface area contributed by atoms with E-state index in [4.69, 9.17) is 17.3 Å². The van der Waals surface area contributed by atoms with Crippen LogP contribution >= 0.6 is 12.2 Å². The molecule has 4 rings (SSSR count). The van der Waals surface area contributed by atoms with Crippen molar-refractivity contribution in [1.82, 2.24) is 18.7 Å². The number of nitrogens with zero attached hydrogens (tertiary/aromatic N) is 4. The Morgan fingerprint density at radius 2 is 2.07 bits per heavy atom. The highest BCUT2D eigenvalue weighted by atomic mass is 32.1. The fraction of sp³-hybridized carbons (Fsp3) is 0.591. The van der Waals surface area contributed by atoms with E-state index < -0.39 is 0 Å². The van der Waals surface area contributed by atoms with E-state index in [2.05, 4.69) is 20.8 Å². The number of para-hydroxylation sites is 1. The molecule has 156 valence electrons. The third kappa shape index (κ3) is 3.78. The quantitative estimate of drug-likeness (QED) is 0.631. The molecule has 0 spiro atoms. The van der Waals surface area contributed by atoms with Crippen molar-refractivity contribution in [3.8, 4) is 0 Å². The number of rotatable bonds is 6. The van der Waals surface area contributed by atoms with Crippen molar-refractivity contribution >= 4 is 28.9 Å². The molecule has 0 saturated carbocycles. The van der Waals surface area contributed by atoms with Gasteiger partial charge in [-0.2, -0.15) is 4.68 Å². The minimum Gasteiger partial charge on any atom is -0.314 e. The minimum absolute atomic E-state index is 0.0256. The highest BCUT2D eigenvalue weighted by Crippen LogP contribution is 2.15. The van der Waals surface area contributed by atoms with Crippen LogP contribution in [0.1, 0.15) is 52.9 Å². The Hall–Kier alpha value is -1.99. The minimum atomic E-state index is 0.0256. The highest BCUT2D eigenvalue weighted by Gasteiger charge is 2.26. The maximum absolute atomic E-state index is 13.2. The molecule has 0 aliphatic carbocycles.